The predicted octanol–water partition coefficient (Wildman–Crippen LogP) is 3.08. The van der Waals surface area contributed by atoms with Crippen LogP contribution in [0.4, 0.5) is 14.9 Å². The number of anilines is 1. The number of nitrogens with one attached hydrogen (secondary N) is 2. The van der Waals surface area contributed by atoms with Gasteiger partial charge in [0.15, 0.2) is 5.82 Å². The first-order valence-corrected chi connectivity index (χ1v) is 6.11. The monoisotopic (exact) mass is 272 g/mol. The van der Waals surface area contributed by atoms with Crippen LogP contribution < -0.4 is 10.6 Å². The number of benzene rings is 1. The number of carbonyl (C=O) groups is 1. The Morgan fingerprint density at radius 3 is 3.06 bits per heavy atom. The number of amides is 1. The van der Waals surface area contributed by atoms with Crippen molar-refractivity contribution in [3.63, 3.8) is 0 Å². The van der Waals surface area contributed by atoms with Gasteiger partial charge in [0.2, 0.25) is 0 Å². The summed E-state index contributed by atoms with van der Waals surface area (Å²) in [6.07, 6.45) is 0.192. The van der Waals surface area contributed by atoms with Gasteiger partial charge in [-0.15, -0.1) is 0 Å². The molecule has 1 aliphatic rings. The maximum Gasteiger partial charge on any atom is 0.412 e. The van der Waals surface area contributed by atoms with E-state index in [1.165, 1.54) is 6.07 Å². The average molecular weight is 273 g/mol. The van der Waals surface area contributed by atoms with E-state index in [0.29, 0.717) is 17.7 Å². The Balaban J connectivity index is 2.28. The second-order valence-electron chi connectivity index (χ2n) is 4.09. The van der Waals surface area contributed by atoms with Gasteiger partial charge in [0.25, 0.3) is 0 Å². The first-order chi connectivity index (χ1) is 8.63. The largest absolute Gasteiger partial charge is 0.441 e. The lowest BCUT2D eigenvalue weighted by molar-refractivity contribution is 0.0973. The number of ether oxygens (including phenoxy) is 1. The zero-order chi connectivity index (χ0) is 13.1. The fourth-order valence-corrected chi connectivity index (χ4v) is 2.15. The van der Waals surface area contributed by atoms with Gasteiger partial charge in [-0.2, -0.15) is 0 Å². The predicted molar refractivity (Wildman–Crippen MR) is 67.4 cm³/mol. The molecular weight excluding hydrogens is 259 g/mol. The summed E-state index contributed by atoms with van der Waals surface area (Å²) in [7, 11) is 1.83. The maximum atomic E-state index is 14.0. The van der Waals surface area contributed by atoms with Gasteiger partial charge in [-0.1, -0.05) is 11.6 Å². The van der Waals surface area contributed by atoms with E-state index in [0.717, 1.165) is 13.0 Å². The van der Waals surface area contributed by atoms with Crippen molar-refractivity contribution in [1.29, 1.82) is 0 Å². The quantitative estimate of drug-likeness (QED) is 0.828. The molecule has 2 N–H and O–H groups in total. The number of hydrogen-bond acceptors (Lipinski definition) is 3. The molecule has 0 saturated heterocycles. The summed E-state index contributed by atoms with van der Waals surface area (Å²) < 4.78 is 19.1. The van der Waals surface area contributed by atoms with E-state index in [-0.39, 0.29) is 5.02 Å². The lowest BCUT2D eigenvalue weighted by Crippen LogP contribution is -2.26. The van der Waals surface area contributed by atoms with Gasteiger partial charge in [0.1, 0.15) is 6.10 Å². The Bertz CT molecular complexity index is 468. The molecule has 0 aliphatic carbocycles. The zero-order valence-electron chi connectivity index (χ0n) is 9.93. The van der Waals surface area contributed by atoms with Crippen molar-refractivity contribution in [2.75, 3.05) is 18.9 Å². The van der Waals surface area contributed by atoms with Crippen LogP contribution in [0, 0.1) is 5.82 Å². The van der Waals surface area contributed by atoms with Crippen LogP contribution in [0.5, 0.6) is 0 Å². The third-order valence-corrected chi connectivity index (χ3v) is 3.13. The van der Waals surface area contributed by atoms with E-state index in [4.69, 9.17) is 16.3 Å². The number of rotatable bonds is 4. The van der Waals surface area contributed by atoms with Gasteiger partial charge in [-0.3, -0.25) is 5.32 Å². The van der Waals surface area contributed by atoms with Crippen molar-refractivity contribution < 1.29 is 13.9 Å². The molecule has 98 valence electrons. The van der Waals surface area contributed by atoms with Gasteiger partial charge in [-0.25, -0.2) is 9.18 Å². The maximum absolute atomic E-state index is 14.0. The summed E-state index contributed by atoms with van der Waals surface area (Å²) in [6.45, 7) is 0.777. The summed E-state index contributed by atoms with van der Waals surface area (Å²) in [5.41, 5.74) is 0.765. The van der Waals surface area contributed by atoms with Crippen molar-refractivity contribution in [2.45, 2.75) is 18.9 Å². The second kappa shape index (κ2) is 5.54. The van der Waals surface area contributed by atoms with Gasteiger partial charge >= 0.3 is 6.09 Å². The minimum Gasteiger partial charge on any atom is -0.441 e. The fraction of sp³-hybridized carbons (Fsp3) is 0.417. The Morgan fingerprint density at radius 2 is 2.33 bits per heavy atom. The van der Waals surface area contributed by atoms with Gasteiger partial charge in [0, 0.05) is 0 Å². The Morgan fingerprint density at radius 1 is 1.56 bits per heavy atom. The normalized spacial score (nSPS) is 17.9. The minimum absolute atomic E-state index is 0.0344. The van der Waals surface area contributed by atoms with E-state index < -0.39 is 18.0 Å². The third kappa shape index (κ3) is 2.57. The first-order valence-electron chi connectivity index (χ1n) is 5.73. The third-order valence-electron chi connectivity index (χ3n) is 2.83. The van der Waals surface area contributed by atoms with E-state index in [2.05, 4.69) is 10.6 Å². The van der Waals surface area contributed by atoms with Crippen LogP contribution in [0.3, 0.4) is 0 Å². The van der Waals surface area contributed by atoms with E-state index >= 15 is 0 Å². The molecule has 6 heteroatoms. The van der Waals surface area contributed by atoms with Gasteiger partial charge < -0.3 is 10.1 Å². The van der Waals surface area contributed by atoms with E-state index in [1.807, 2.05) is 7.05 Å². The van der Waals surface area contributed by atoms with E-state index in [9.17, 15) is 9.18 Å². The van der Waals surface area contributed by atoms with Gasteiger partial charge in [-0.05, 0) is 38.6 Å². The first kappa shape index (κ1) is 13.1. The summed E-state index contributed by atoms with van der Waals surface area (Å²) in [6, 6.07) is 3.01. The van der Waals surface area contributed by atoms with E-state index in [1.54, 1.807) is 6.07 Å². The molecule has 0 radical (unpaired) electrons. The molecular formula is C12H14ClFN2O2. The minimum atomic E-state index is -0.583. The van der Waals surface area contributed by atoms with Crippen molar-refractivity contribution >= 4 is 23.4 Å². The molecule has 18 heavy (non-hydrogen) atoms. The summed E-state index contributed by atoms with van der Waals surface area (Å²) in [4.78, 5) is 11.4. The smallest absolute Gasteiger partial charge is 0.412 e. The standard InChI is InChI=1S/C12H14ClFN2O2/c1-15-6-2-3-9-10-8(16-12(17)18-9)5-4-7(13)11(10)14/h4-5,9,15H,2-3,6H2,1H3,(H,16,17). The lowest BCUT2D eigenvalue weighted by atomic mass is 10.0. The topological polar surface area (TPSA) is 50.4 Å². The molecule has 1 amide bonds. The molecule has 1 atom stereocenters. The molecule has 4 nitrogen and oxygen atoms in total. The highest BCUT2D eigenvalue weighted by atomic mass is 35.5. The molecule has 0 spiro atoms. The van der Waals surface area contributed by atoms with Crippen molar-refractivity contribution in [3.8, 4) is 0 Å². The number of halogens is 2. The van der Waals surface area contributed by atoms with Crippen molar-refractivity contribution in [3.05, 3.63) is 28.5 Å². The molecule has 0 saturated carbocycles. The van der Waals surface area contributed by atoms with Crippen LogP contribution in [-0.2, 0) is 4.74 Å². The molecule has 1 aromatic rings. The lowest BCUT2D eigenvalue weighted by Gasteiger charge is -2.26. The summed E-state index contributed by atoms with van der Waals surface area (Å²) >= 11 is 5.75. The summed E-state index contributed by atoms with van der Waals surface area (Å²) in [5, 5.41) is 5.50. The van der Waals surface area contributed by atoms with Crippen molar-refractivity contribution in [2.24, 2.45) is 0 Å². The molecule has 0 fully saturated rings. The second-order valence-corrected chi connectivity index (χ2v) is 4.49. The fourth-order valence-electron chi connectivity index (χ4n) is 1.99. The molecule has 1 heterocycles. The van der Waals surface area contributed by atoms with Crippen LogP contribution >= 0.6 is 11.6 Å². The molecule has 0 aromatic heterocycles. The van der Waals surface area contributed by atoms with Crippen LogP contribution in [0.25, 0.3) is 0 Å². The molecule has 0 bridgehead atoms. The molecule has 1 aliphatic heterocycles. The van der Waals surface area contributed by atoms with Crippen LogP contribution in [-0.4, -0.2) is 19.7 Å². The van der Waals surface area contributed by atoms with Crippen molar-refractivity contribution in [1.82, 2.24) is 5.32 Å². The molecule has 2 rings (SSSR count). The van der Waals surface area contributed by atoms with Crippen LogP contribution in [0.2, 0.25) is 5.02 Å². The molecule has 1 unspecified atom stereocenters. The highest BCUT2D eigenvalue weighted by Gasteiger charge is 2.29. The van der Waals surface area contributed by atoms with Gasteiger partial charge in [0.05, 0.1) is 16.3 Å². The average Bonchev–Trinajstić information content (AvgIpc) is 2.34. The zero-order valence-corrected chi connectivity index (χ0v) is 10.7. The SMILES string of the molecule is CNCCCC1OC(=O)Nc2ccc(Cl)c(F)c21. The number of hydrogen-bond donors (Lipinski definition) is 2. The number of carbonyl (C=O) groups excluding carboxylic acids is 1. The highest BCUT2D eigenvalue weighted by Crippen LogP contribution is 2.37. The Kier molecular flexibility index (Phi) is 4.04. The highest BCUT2D eigenvalue weighted by molar-refractivity contribution is 6.31. The van der Waals surface area contributed by atoms with Crippen LogP contribution in [0.15, 0.2) is 12.1 Å². The summed E-state index contributed by atoms with van der Waals surface area (Å²) in [5.74, 6) is -0.524. The Labute approximate surface area is 109 Å². The Hall–Kier alpha value is -1.33. The number of fused-ring (bicyclic) bond motifs is 1. The number of cyclic esters (lactones) is 1. The molecule has 1 aromatic carbocycles. The van der Waals surface area contributed by atoms with Crippen LogP contribution in [0.1, 0.15) is 24.5 Å².